The summed E-state index contributed by atoms with van der Waals surface area (Å²) in [6.45, 7) is 7.58. The van der Waals surface area contributed by atoms with E-state index in [1.807, 2.05) is 76.2 Å². The molecule has 3 nitrogen and oxygen atoms in total. The Hall–Kier alpha value is -2.00. The number of rotatable bonds is 5. The van der Waals surface area contributed by atoms with Crippen LogP contribution in [-0.2, 0) is 16.0 Å². The standard InChI is InChI=1S/C20H24ClNO2/c1-14-12-16(21)10-11-17(14)22-18(19(23)24-20(2,3)4)13-15-8-6-5-7-9-15/h5-12,18,22H,13H2,1-4H3/t18-/m0/s1. The van der Waals surface area contributed by atoms with Gasteiger partial charge in [-0.15, -0.1) is 0 Å². The molecule has 1 atom stereocenters. The van der Waals surface area contributed by atoms with Crippen molar-refractivity contribution in [2.24, 2.45) is 0 Å². The molecule has 0 aliphatic carbocycles. The van der Waals surface area contributed by atoms with E-state index in [2.05, 4.69) is 5.32 Å². The van der Waals surface area contributed by atoms with Crippen molar-refractivity contribution >= 4 is 23.3 Å². The average Bonchev–Trinajstić information content (AvgIpc) is 2.48. The second kappa shape index (κ2) is 7.71. The molecule has 0 saturated carbocycles. The molecule has 0 spiro atoms. The molecular weight excluding hydrogens is 322 g/mol. The minimum atomic E-state index is -0.525. The van der Waals surface area contributed by atoms with Gasteiger partial charge in [-0.3, -0.25) is 0 Å². The summed E-state index contributed by atoms with van der Waals surface area (Å²) in [7, 11) is 0. The predicted molar refractivity (Wildman–Crippen MR) is 99.6 cm³/mol. The van der Waals surface area contributed by atoms with E-state index >= 15 is 0 Å². The zero-order valence-corrected chi connectivity index (χ0v) is 15.4. The molecule has 0 aliphatic rings. The Bertz CT molecular complexity index is 693. The molecule has 4 heteroatoms. The maximum Gasteiger partial charge on any atom is 0.329 e. The van der Waals surface area contributed by atoms with E-state index in [1.165, 1.54) is 0 Å². The van der Waals surface area contributed by atoms with Gasteiger partial charge in [-0.05, 0) is 57.0 Å². The lowest BCUT2D eigenvalue weighted by molar-refractivity contribution is -0.155. The van der Waals surface area contributed by atoms with Gasteiger partial charge in [-0.25, -0.2) is 4.79 Å². The van der Waals surface area contributed by atoms with Crippen LogP contribution < -0.4 is 5.32 Å². The highest BCUT2D eigenvalue weighted by Crippen LogP contribution is 2.22. The molecule has 2 rings (SSSR count). The molecule has 0 amide bonds. The van der Waals surface area contributed by atoms with Crippen LogP contribution in [0.15, 0.2) is 48.5 Å². The zero-order valence-electron chi connectivity index (χ0n) is 14.6. The van der Waals surface area contributed by atoms with E-state index in [9.17, 15) is 4.79 Å². The number of anilines is 1. The molecule has 1 N–H and O–H groups in total. The van der Waals surface area contributed by atoms with Crippen LogP contribution in [0.2, 0.25) is 5.02 Å². The van der Waals surface area contributed by atoms with Gasteiger partial charge in [0.1, 0.15) is 11.6 Å². The first-order chi connectivity index (χ1) is 11.2. The van der Waals surface area contributed by atoms with E-state index in [-0.39, 0.29) is 5.97 Å². The van der Waals surface area contributed by atoms with E-state index in [1.54, 1.807) is 0 Å². The van der Waals surface area contributed by atoms with E-state index < -0.39 is 11.6 Å². The van der Waals surface area contributed by atoms with E-state index in [0.717, 1.165) is 16.8 Å². The molecule has 0 heterocycles. The number of carbonyl (C=O) groups is 1. The molecule has 2 aromatic rings. The zero-order chi connectivity index (χ0) is 17.7. The van der Waals surface area contributed by atoms with Crippen molar-refractivity contribution in [3.8, 4) is 0 Å². The highest BCUT2D eigenvalue weighted by atomic mass is 35.5. The van der Waals surface area contributed by atoms with E-state index in [0.29, 0.717) is 11.4 Å². The van der Waals surface area contributed by atoms with Crippen molar-refractivity contribution < 1.29 is 9.53 Å². The fourth-order valence-corrected chi connectivity index (χ4v) is 2.62. The lowest BCUT2D eigenvalue weighted by Crippen LogP contribution is -2.38. The first-order valence-electron chi connectivity index (χ1n) is 8.04. The van der Waals surface area contributed by atoms with Crippen LogP contribution in [0.5, 0.6) is 0 Å². The number of ether oxygens (including phenoxy) is 1. The summed E-state index contributed by atoms with van der Waals surface area (Å²) >= 11 is 6.01. The quantitative estimate of drug-likeness (QED) is 0.774. The van der Waals surface area contributed by atoms with Gasteiger partial charge in [0.05, 0.1) is 0 Å². The lowest BCUT2D eigenvalue weighted by atomic mass is 10.0. The summed E-state index contributed by atoms with van der Waals surface area (Å²) in [4.78, 5) is 12.6. The monoisotopic (exact) mass is 345 g/mol. The molecule has 0 unspecified atom stereocenters. The molecule has 0 radical (unpaired) electrons. The Kier molecular flexibility index (Phi) is 5.89. The number of benzene rings is 2. The molecule has 128 valence electrons. The van der Waals surface area contributed by atoms with Crippen molar-refractivity contribution in [3.63, 3.8) is 0 Å². The summed E-state index contributed by atoms with van der Waals surface area (Å²) in [6.07, 6.45) is 0.553. The first kappa shape index (κ1) is 18.3. The number of carbonyl (C=O) groups excluding carboxylic acids is 1. The highest BCUT2D eigenvalue weighted by Gasteiger charge is 2.25. The minimum absolute atomic E-state index is 0.263. The fourth-order valence-electron chi connectivity index (χ4n) is 2.39. The van der Waals surface area contributed by atoms with Crippen molar-refractivity contribution in [2.75, 3.05) is 5.32 Å². The molecule has 0 aliphatic heterocycles. The fraction of sp³-hybridized carbons (Fsp3) is 0.350. The largest absolute Gasteiger partial charge is 0.458 e. The lowest BCUT2D eigenvalue weighted by Gasteiger charge is -2.26. The first-order valence-corrected chi connectivity index (χ1v) is 8.42. The SMILES string of the molecule is Cc1cc(Cl)ccc1N[C@@H](Cc1ccccc1)C(=O)OC(C)(C)C. The third kappa shape index (κ3) is 5.57. The number of nitrogens with one attached hydrogen (secondary N) is 1. The number of esters is 1. The Morgan fingerprint density at radius 3 is 2.42 bits per heavy atom. The number of aryl methyl sites for hydroxylation is 1. The summed E-state index contributed by atoms with van der Waals surface area (Å²) in [5.74, 6) is -0.263. The maximum absolute atomic E-state index is 12.6. The molecule has 2 aromatic carbocycles. The van der Waals surface area contributed by atoms with Crippen LogP contribution in [0.4, 0.5) is 5.69 Å². The molecule has 0 saturated heterocycles. The van der Waals surface area contributed by atoms with Gasteiger partial charge >= 0.3 is 5.97 Å². The maximum atomic E-state index is 12.6. The molecule has 0 fully saturated rings. The van der Waals surface area contributed by atoms with Crippen molar-refractivity contribution in [3.05, 3.63) is 64.7 Å². The van der Waals surface area contributed by atoms with Gasteiger partial charge in [0.15, 0.2) is 0 Å². The van der Waals surface area contributed by atoms with Crippen LogP contribution >= 0.6 is 11.6 Å². The Balaban J connectivity index is 2.23. The third-order valence-electron chi connectivity index (χ3n) is 3.49. The Labute approximate surface area is 149 Å². The van der Waals surface area contributed by atoms with E-state index in [4.69, 9.17) is 16.3 Å². The van der Waals surface area contributed by atoms with Crippen LogP contribution in [-0.4, -0.2) is 17.6 Å². The van der Waals surface area contributed by atoms with Crippen molar-refractivity contribution in [1.29, 1.82) is 0 Å². The summed E-state index contributed by atoms with van der Waals surface area (Å²) < 4.78 is 5.58. The van der Waals surface area contributed by atoms with Gasteiger partial charge in [-0.1, -0.05) is 41.9 Å². The van der Waals surface area contributed by atoms with Crippen molar-refractivity contribution in [2.45, 2.75) is 45.8 Å². The summed E-state index contributed by atoms with van der Waals surface area (Å²) in [6, 6.07) is 15.0. The topological polar surface area (TPSA) is 38.3 Å². The van der Waals surface area contributed by atoms with Crippen LogP contribution in [0, 0.1) is 6.92 Å². The van der Waals surface area contributed by atoms with Gasteiger partial charge in [-0.2, -0.15) is 0 Å². The van der Waals surface area contributed by atoms with Gasteiger partial charge in [0.25, 0.3) is 0 Å². The molecule has 0 bridgehead atoms. The smallest absolute Gasteiger partial charge is 0.329 e. The Morgan fingerprint density at radius 1 is 1.17 bits per heavy atom. The normalized spacial score (nSPS) is 12.5. The van der Waals surface area contributed by atoms with Gasteiger partial charge < -0.3 is 10.1 Å². The van der Waals surface area contributed by atoms with Crippen LogP contribution in [0.3, 0.4) is 0 Å². The molecule has 0 aromatic heterocycles. The number of halogens is 1. The van der Waals surface area contributed by atoms with Crippen LogP contribution in [0.25, 0.3) is 0 Å². The molecule has 24 heavy (non-hydrogen) atoms. The minimum Gasteiger partial charge on any atom is -0.458 e. The predicted octanol–water partition coefficient (Wildman–Crippen LogP) is 5.01. The summed E-state index contributed by atoms with van der Waals surface area (Å²) in [5.41, 5.74) is 2.42. The Morgan fingerprint density at radius 2 is 1.83 bits per heavy atom. The number of hydrogen-bond acceptors (Lipinski definition) is 3. The average molecular weight is 346 g/mol. The summed E-state index contributed by atoms with van der Waals surface area (Å²) in [5, 5.41) is 3.99. The second-order valence-electron chi connectivity index (χ2n) is 6.88. The second-order valence-corrected chi connectivity index (χ2v) is 7.32. The van der Waals surface area contributed by atoms with Gasteiger partial charge in [0, 0.05) is 17.1 Å². The third-order valence-corrected chi connectivity index (χ3v) is 3.73. The van der Waals surface area contributed by atoms with Crippen molar-refractivity contribution in [1.82, 2.24) is 0 Å². The molecular formula is C20H24ClNO2. The highest BCUT2D eigenvalue weighted by molar-refractivity contribution is 6.30. The van der Waals surface area contributed by atoms with Gasteiger partial charge in [0.2, 0.25) is 0 Å². The van der Waals surface area contributed by atoms with Crippen LogP contribution in [0.1, 0.15) is 31.9 Å². The number of hydrogen-bond donors (Lipinski definition) is 1.